The summed E-state index contributed by atoms with van der Waals surface area (Å²) in [7, 11) is 4.70. The number of hydrogen-bond donors (Lipinski definition) is 1. The molecule has 2 aromatic carbocycles. The Bertz CT molecular complexity index is 875. The van der Waals surface area contributed by atoms with Gasteiger partial charge in [0.1, 0.15) is 0 Å². The molecule has 1 fully saturated rings. The lowest BCUT2D eigenvalue weighted by Crippen LogP contribution is -2.44. The van der Waals surface area contributed by atoms with Gasteiger partial charge >= 0.3 is 0 Å². The van der Waals surface area contributed by atoms with Crippen LogP contribution in [0.5, 0.6) is 17.2 Å². The van der Waals surface area contributed by atoms with Gasteiger partial charge in [0.25, 0.3) is 5.91 Å². The molecule has 3 rings (SSSR count). The van der Waals surface area contributed by atoms with Crippen molar-refractivity contribution in [1.82, 2.24) is 15.1 Å². The summed E-state index contributed by atoms with van der Waals surface area (Å²) in [5.41, 5.74) is 1.83. The smallest absolute Gasteiger partial charge is 0.254 e. The number of methoxy groups -OCH3 is 3. The number of benzene rings is 2. The Morgan fingerprint density at radius 1 is 1.03 bits per heavy atom. The van der Waals surface area contributed by atoms with Gasteiger partial charge in [-0.2, -0.15) is 0 Å². The van der Waals surface area contributed by atoms with Crippen LogP contribution in [-0.2, 0) is 6.42 Å². The Morgan fingerprint density at radius 2 is 1.68 bits per heavy atom. The molecule has 1 unspecified atom stereocenters. The van der Waals surface area contributed by atoms with Crippen LogP contribution in [0.15, 0.2) is 42.5 Å². The first kappa shape index (κ1) is 25.8. The van der Waals surface area contributed by atoms with Gasteiger partial charge in [0.05, 0.1) is 21.3 Å². The van der Waals surface area contributed by atoms with Crippen molar-refractivity contribution in [2.75, 3.05) is 67.1 Å². The third-order valence-electron chi connectivity index (χ3n) is 6.27. The Kier molecular flexibility index (Phi) is 10.0. The van der Waals surface area contributed by atoms with Gasteiger partial charge in [-0.05, 0) is 43.0 Å². The second-order valence-electron chi connectivity index (χ2n) is 8.91. The zero-order valence-electron chi connectivity index (χ0n) is 21.0. The lowest BCUT2D eigenvalue weighted by molar-refractivity contribution is 0.0721. The quantitative estimate of drug-likeness (QED) is 0.515. The van der Waals surface area contributed by atoms with Crippen molar-refractivity contribution < 1.29 is 19.0 Å². The van der Waals surface area contributed by atoms with Crippen LogP contribution in [0.1, 0.15) is 29.3 Å². The normalized spacial score (nSPS) is 14.9. The largest absolute Gasteiger partial charge is 0.493 e. The number of hydrogen-bond acceptors (Lipinski definition) is 6. The molecule has 7 heteroatoms. The summed E-state index contributed by atoms with van der Waals surface area (Å²) in [6.07, 6.45) is 1.87. The van der Waals surface area contributed by atoms with Crippen molar-refractivity contribution >= 4 is 5.91 Å². The second-order valence-corrected chi connectivity index (χ2v) is 8.91. The number of ether oxygens (including phenoxy) is 3. The standard InChI is InChI=1S/C27H39N3O4/c1-21(17-22-9-6-5-7-10-22)20-30(14-8-13-29-15-11-28-12-16-29)27(31)23-18-24(32-2)26(34-4)25(19-23)33-3/h5-7,9-10,18-19,21,28H,8,11-17,20H2,1-4H3. The van der Waals surface area contributed by atoms with E-state index < -0.39 is 0 Å². The second kappa shape index (κ2) is 13.2. The van der Waals surface area contributed by atoms with E-state index in [1.54, 1.807) is 33.5 Å². The van der Waals surface area contributed by atoms with E-state index in [4.69, 9.17) is 14.2 Å². The summed E-state index contributed by atoms with van der Waals surface area (Å²) < 4.78 is 16.4. The van der Waals surface area contributed by atoms with Crippen LogP contribution in [0.25, 0.3) is 0 Å². The summed E-state index contributed by atoms with van der Waals surface area (Å²) in [5.74, 6) is 1.78. The van der Waals surface area contributed by atoms with E-state index in [0.717, 1.165) is 45.6 Å². The average molecular weight is 470 g/mol. The van der Waals surface area contributed by atoms with Crippen LogP contribution in [0.3, 0.4) is 0 Å². The summed E-state index contributed by atoms with van der Waals surface area (Å²) in [6, 6.07) is 13.9. The number of amides is 1. The molecular formula is C27H39N3O4. The molecule has 1 heterocycles. The minimum absolute atomic E-state index is 0.0144. The number of nitrogens with zero attached hydrogens (tertiary/aromatic N) is 2. The zero-order valence-corrected chi connectivity index (χ0v) is 21.0. The van der Waals surface area contributed by atoms with Crippen LogP contribution in [0, 0.1) is 5.92 Å². The predicted octanol–water partition coefficient (Wildman–Crippen LogP) is 3.33. The number of carbonyl (C=O) groups excluding carboxylic acids is 1. The van der Waals surface area contributed by atoms with E-state index in [1.807, 2.05) is 11.0 Å². The minimum atomic E-state index is -0.0144. The first-order chi connectivity index (χ1) is 16.5. The average Bonchev–Trinajstić information content (AvgIpc) is 2.87. The molecule has 1 N–H and O–H groups in total. The maximum atomic E-state index is 13.7. The molecule has 0 bridgehead atoms. The molecule has 1 aliphatic heterocycles. The van der Waals surface area contributed by atoms with E-state index in [0.29, 0.717) is 41.8 Å². The van der Waals surface area contributed by atoms with Gasteiger partial charge in [-0.1, -0.05) is 37.3 Å². The van der Waals surface area contributed by atoms with Gasteiger partial charge in [0, 0.05) is 44.8 Å². The van der Waals surface area contributed by atoms with E-state index in [2.05, 4.69) is 41.4 Å². The van der Waals surface area contributed by atoms with E-state index in [9.17, 15) is 4.79 Å². The van der Waals surface area contributed by atoms with Crippen LogP contribution in [-0.4, -0.2) is 82.8 Å². The SMILES string of the molecule is COc1cc(C(=O)N(CCCN2CCNCC2)CC(C)Cc2ccccc2)cc(OC)c1OC. The van der Waals surface area contributed by atoms with Gasteiger partial charge in [0.2, 0.25) is 5.75 Å². The Hall–Kier alpha value is -2.77. The third kappa shape index (κ3) is 7.11. The molecule has 1 saturated heterocycles. The van der Waals surface area contributed by atoms with Crippen molar-refractivity contribution in [2.24, 2.45) is 5.92 Å². The van der Waals surface area contributed by atoms with Gasteiger partial charge in [-0.15, -0.1) is 0 Å². The van der Waals surface area contributed by atoms with Crippen LogP contribution in [0.2, 0.25) is 0 Å². The molecule has 0 aromatic heterocycles. The fourth-order valence-corrected chi connectivity index (χ4v) is 4.54. The van der Waals surface area contributed by atoms with Crippen molar-refractivity contribution in [3.63, 3.8) is 0 Å². The fraction of sp³-hybridized carbons (Fsp3) is 0.519. The van der Waals surface area contributed by atoms with E-state index in [1.165, 1.54) is 5.56 Å². The Balaban J connectivity index is 1.76. The molecule has 1 atom stereocenters. The van der Waals surface area contributed by atoms with Crippen molar-refractivity contribution in [3.8, 4) is 17.2 Å². The monoisotopic (exact) mass is 469 g/mol. The van der Waals surface area contributed by atoms with Gasteiger partial charge in [0.15, 0.2) is 11.5 Å². The van der Waals surface area contributed by atoms with Gasteiger partial charge in [-0.25, -0.2) is 0 Å². The summed E-state index contributed by atoms with van der Waals surface area (Å²) >= 11 is 0. The van der Waals surface area contributed by atoms with Crippen LogP contribution < -0.4 is 19.5 Å². The molecule has 2 aromatic rings. The molecule has 0 radical (unpaired) electrons. The Labute approximate surface area is 204 Å². The maximum Gasteiger partial charge on any atom is 0.254 e. The molecule has 186 valence electrons. The molecule has 1 amide bonds. The van der Waals surface area contributed by atoms with Gasteiger partial charge in [-0.3, -0.25) is 4.79 Å². The van der Waals surface area contributed by atoms with Crippen LogP contribution >= 0.6 is 0 Å². The molecule has 34 heavy (non-hydrogen) atoms. The van der Waals surface area contributed by atoms with Crippen molar-refractivity contribution in [2.45, 2.75) is 19.8 Å². The Morgan fingerprint density at radius 3 is 2.26 bits per heavy atom. The maximum absolute atomic E-state index is 13.7. The molecule has 1 aliphatic rings. The summed E-state index contributed by atoms with van der Waals surface area (Å²) in [5, 5.41) is 3.39. The van der Waals surface area contributed by atoms with Crippen molar-refractivity contribution in [3.05, 3.63) is 53.6 Å². The summed E-state index contributed by atoms with van der Waals surface area (Å²) in [6.45, 7) is 8.78. The lowest BCUT2D eigenvalue weighted by atomic mass is 10.00. The zero-order chi connectivity index (χ0) is 24.3. The number of nitrogens with one attached hydrogen (secondary N) is 1. The van der Waals surface area contributed by atoms with Gasteiger partial charge < -0.3 is 29.3 Å². The van der Waals surface area contributed by atoms with E-state index in [-0.39, 0.29) is 5.91 Å². The highest BCUT2D eigenvalue weighted by Gasteiger charge is 2.23. The number of carbonyl (C=O) groups is 1. The minimum Gasteiger partial charge on any atom is -0.493 e. The highest BCUT2D eigenvalue weighted by Crippen LogP contribution is 2.38. The molecule has 0 saturated carbocycles. The van der Waals surface area contributed by atoms with Crippen LogP contribution in [0.4, 0.5) is 0 Å². The van der Waals surface area contributed by atoms with E-state index >= 15 is 0 Å². The third-order valence-corrected chi connectivity index (χ3v) is 6.27. The lowest BCUT2D eigenvalue weighted by Gasteiger charge is -2.30. The molecule has 7 nitrogen and oxygen atoms in total. The summed E-state index contributed by atoms with van der Waals surface area (Å²) in [4.78, 5) is 18.1. The number of rotatable bonds is 12. The first-order valence-corrected chi connectivity index (χ1v) is 12.1. The van der Waals surface area contributed by atoms with Crippen molar-refractivity contribution in [1.29, 1.82) is 0 Å². The molecule has 0 aliphatic carbocycles. The fourth-order valence-electron chi connectivity index (χ4n) is 4.54. The number of piperazine rings is 1. The topological polar surface area (TPSA) is 63.3 Å². The molecule has 0 spiro atoms. The highest BCUT2D eigenvalue weighted by molar-refractivity contribution is 5.95. The first-order valence-electron chi connectivity index (χ1n) is 12.1. The molecular weight excluding hydrogens is 430 g/mol. The predicted molar refractivity (Wildman–Crippen MR) is 135 cm³/mol. The highest BCUT2D eigenvalue weighted by atomic mass is 16.5.